The van der Waals surface area contributed by atoms with E-state index in [0.717, 1.165) is 0 Å². The minimum Gasteiger partial charge on any atom is -0.609 e. The average Bonchev–Trinajstić information content (AvgIpc) is 2.53. The Morgan fingerprint density at radius 3 is 2.64 bits per heavy atom. The van der Waals surface area contributed by atoms with E-state index in [1.165, 1.54) is 13.2 Å². The molecule has 0 saturated heterocycles. The molecule has 7 heteroatoms. The van der Waals surface area contributed by atoms with E-state index in [1.54, 1.807) is 36.4 Å². The van der Waals surface area contributed by atoms with Crippen molar-refractivity contribution in [2.45, 2.75) is 4.90 Å². The number of rotatable bonds is 5. The Morgan fingerprint density at radius 1 is 1.23 bits per heavy atom. The number of methoxy groups -OCH3 is 1. The van der Waals surface area contributed by atoms with E-state index < -0.39 is 17.1 Å². The van der Waals surface area contributed by atoms with Gasteiger partial charge in [-0.2, -0.15) is 0 Å². The molecule has 0 aliphatic rings. The molecule has 0 saturated carbocycles. The van der Waals surface area contributed by atoms with Gasteiger partial charge in [-0.3, -0.25) is 0 Å². The Labute approximate surface area is 141 Å². The molecule has 0 N–H and O–H groups in total. The zero-order chi connectivity index (χ0) is 16.1. The standard InChI is InChI=1S/C15H12Cl2O4S/c1-20-15(18)11-4-2-3-5-14(11)22(19)9-21-13-7-6-10(16)8-12(13)17/h2-8H,9H2,1H3. The summed E-state index contributed by atoms with van der Waals surface area (Å²) in [6.07, 6.45) is 0. The summed E-state index contributed by atoms with van der Waals surface area (Å²) in [6.45, 7) is 0. The van der Waals surface area contributed by atoms with Crippen molar-refractivity contribution in [3.8, 4) is 5.75 Å². The molecule has 0 spiro atoms. The molecule has 0 aliphatic carbocycles. The van der Waals surface area contributed by atoms with Gasteiger partial charge in [-0.25, -0.2) is 4.79 Å². The van der Waals surface area contributed by atoms with Crippen LogP contribution in [0.1, 0.15) is 10.4 Å². The molecule has 1 unspecified atom stereocenters. The van der Waals surface area contributed by atoms with E-state index >= 15 is 0 Å². The maximum Gasteiger partial charge on any atom is 0.342 e. The van der Waals surface area contributed by atoms with Crippen molar-refractivity contribution in [2.24, 2.45) is 0 Å². The van der Waals surface area contributed by atoms with Crippen LogP contribution in [0.3, 0.4) is 0 Å². The maximum atomic E-state index is 12.3. The van der Waals surface area contributed by atoms with Crippen molar-refractivity contribution in [1.29, 1.82) is 0 Å². The van der Waals surface area contributed by atoms with Gasteiger partial charge in [0.15, 0.2) is 4.90 Å². The smallest absolute Gasteiger partial charge is 0.342 e. The molecule has 0 fully saturated rings. The summed E-state index contributed by atoms with van der Waals surface area (Å²) in [5, 5.41) is 0.806. The largest absolute Gasteiger partial charge is 0.609 e. The number of halogens is 2. The van der Waals surface area contributed by atoms with Crippen molar-refractivity contribution in [1.82, 2.24) is 0 Å². The number of esters is 1. The number of carbonyl (C=O) groups is 1. The highest BCUT2D eigenvalue weighted by Gasteiger charge is 2.22. The van der Waals surface area contributed by atoms with Crippen LogP contribution in [0.5, 0.6) is 5.75 Å². The lowest BCUT2D eigenvalue weighted by molar-refractivity contribution is 0.0596. The monoisotopic (exact) mass is 358 g/mol. The van der Waals surface area contributed by atoms with Gasteiger partial charge in [-0.1, -0.05) is 35.3 Å². The summed E-state index contributed by atoms with van der Waals surface area (Å²) in [4.78, 5) is 12.0. The highest BCUT2D eigenvalue weighted by molar-refractivity contribution is 7.91. The summed E-state index contributed by atoms with van der Waals surface area (Å²) in [7, 11) is 1.27. The number of ether oxygens (including phenoxy) is 2. The van der Waals surface area contributed by atoms with E-state index in [9.17, 15) is 9.35 Å². The van der Waals surface area contributed by atoms with E-state index in [1.807, 2.05) is 0 Å². The Morgan fingerprint density at radius 2 is 1.95 bits per heavy atom. The van der Waals surface area contributed by atoms with E-state index in [2.05, 4.69) is 4.74 Å². The van der Waals surface area contributed by atoms with E-state index in [4.69, 9.17) is 27.9 Å². The minimum atomic E-state index is -1.55. The van der Waals surface area contributed by atoms with Crippen molar-refractivity contribution in [3.63, 3.8) is 0 Å². The predicted octanol–water partition coefficient (Wildman–Crippen LogP) is 3.92. The third-order valence-corrected chi connectivity index (χ3v) is 4.46. The highest BCUT2D eigenvalue weighted by atomic mass is 35.5. The third-order valence-electron chi connectivity index (χ3n) is 2.75. The molecule has 2 aromatic carbocycles. The molecule has 0 amide bonds. The van der Waals surface area contributed by atoms with Crippen molar-refractivity contribution in [2.75, 3.05) is 13.0 Å². The van der Waals surface area contributed by atoms with Crippen LogP contribution < -0.4 is 4.74 Å². The summed E-state index contributed by atoms with van der Waals surface area (Å²) < 4.78 is 22.5. The zero-order valence-electron chi connectivity index (χ0n) is 11.5. The summed E-state index contributed by atoms with van der Waals surface area (Å²) in [5.41, 5.74) is 0.245. The van der Waals surface area contributed by atoms with Gasteiger partial charge in [-0.15, -0.1) is 0 Å². The Hall–Kier alpha value is -1.40. The van der Waals surface area contributed by atoms with Gasteiger partial charge in [0.05, 0.1) is 12.1 Å². The summed E-state index contributed by atoms with van der Waals surface area (Å²) in [5.74, 6) is -0.321. The normalized spacial score (nSPS) is 11.8. The van der Waals surface area contributed by atoms with Crippen molar-refractivity contribution in [3.05, 3.63) is 58.1 Å². The lowest BCUT2D eigenvalue weighted by Crippen LogP contribution is -2.17. The van der Waals surface area contributed by atoms with Crippen molar-refractivity contribution < 1.29 is 18.8 Å². The number of hydrogen-bond donors (Lipinski definition) is 0. The Bertz CT molecular complexity index is 678. The first-order chi connectivity index (χ1) is 10.5. The van der Waals surface area contributed by atoms with Crippen LogP contribution in [0.2, 0.25) is 10.0 Å². The number of carbonyl (C=O) groups excluding carboxylic acids is 1. The van der Waals surface area contributed by atoms with Crippen LogP contribution in [0.15, 0.2) is 47.4 Å². The minimum absolute atomic E-state index is 0.143. The lowest BCUT2D eigenvalue weighted by Gasteiger charge is -2.14. The first-order valence-electron chi connectivity index (χ1n) is 6.16. The molecule has 116 valence electrons. The van der Waals surface area contributed by atoms with Gasteiger partial charge < -0.3 is 14.0 Å². The SMILES string of the molecule is COC(=O)c1ccccc1[S+]([O-])COc1ccc(Cl)cc1Cl. The molecule has 0 aromatic heterocycles. The van der Waals surface area contributed by atoms with Gasteiger partial charge in [0.25, 0.3) is 0 Å². The van der Waals surface area contributed by atoms with Crippen LogP contribution in [-0.2, 0) is 15.9 Å². The fourth-order valence-corrected chi connectivity index (χ4v) is 3.17. The van der Waals surface area contributed by atoms with E-state index in [0.29, 0.717) is 20.7 Å². The second kappa shape index (κ2) is 7.74. The molecular weight excluding hydrogens is 347 g/mol. The molecule has 4 nitrogen and oxygen atoms in total. The van der Waals surface area contributed by atoms with Crippen LogP contribution in [0.25, 0.3) is 0 Å². The molecule has 0 aliphatic heterocycles. The van der Waals surface area contributed by atoms with Gasteiger partial charge in [0.1, 0.15) is 11.3 Å². The number of benzene rings is 2. The zero-order valence-corrected chi connectivity index (χ0v) is 13.9. The first-order valence-corrected chi connectivity index (χ1v) is 8.24. The third kappa shape index (κ3) is 4.08. The number of hydrogen-bond acceptors (Lipinski definition) is 4. The molecule has 0 radical (unpaired) electrons. The van der Waals surface area contributed by atoms with Crippen LogP contribution in [0.4, 0.5) is 0 Å². The summed E-state index contributed by atoms with van der Waals surface area (Å²) in [6, 6.07) is 11.2. The highest BCUT2D eigenvalue weighted by Crippen LogP contribution is 2.28. The van der Waals surface area contributed by atoms with Crippen LogP contribution in [0, 0.1) is 0 Å². The molecule has 22 heavy (non-hydrogen) atoms. The first kappa shape index (κ1) is 17.0. The van der Waals surface area contributed by atoms with Crippen molar-refractivity contribution >= 4 is 40.3 Å². The lowest BCUT2D eigenvalue weighted by atomic mass is 10.2. The fraction of sp³-hybridized carbons (Fsp3) is 0.133. The van der Waals surface area contributed by atoms with Gasteiger partial charge in [0, 0.05) is 16.2 Å². The topological polar surface area (TPSA) is 58.6 Å². The maximum absolute atomic E-state index is 12.3. The molecular formula is C15H12Cl2O4S. The van der Waals surface area contributed by atoms with E-state index in [-0.39, 0.29) is 11.5 Å². The van der Waals surface area contributed by atoms with Gasteiger partial charge in [0.2, 0.25) is 5.94 Å². The molecule has 0 heterocycles. The summed E-state index contributed by atoms with van der Waals surface area (Å²) >= 11 is 10.2. The second-order valence-corrected chi connectivity index (χ2v) is 6.38. The van der Waals surface area contributed by atoms with Gasteiger partial charge in [-0.05, 0) is 30.3 Å². The van der Waals surface area contributed by atoms with Gasteiger partial charge >= 0.3 is 5.97 Å². The Kier molecular flexibility index (Phi) is 5.97. The fourth-order valence-electron chi connectivity index (χ4n) is 1.72. The molecule has 1 atom stereocenters. The predicted molar refractivity (Wildman–Crippen MR) is 86.1 cm³/mol. The molecule has 0 bridgehead atoms. The van der Waals surface area contributed by atoms with Crippen LogP contribution >= 0.6 is 23.2 Å². The average molecular weight is 359 g/mol. The molecule has 2 rings (SSSR count). The Balaban J connectivity index is 2.13. The molecule has 2 aromatic rings. The quantitative estimate of drug-likeness (QED) is 0.600. The van der Waals surface area contributed by atoms with Crippen LogP contribution in [-0.4, -0.2) is 23.6 Å². The second-order valence-electron chi connectivity index (χ2n) is 4.17.